The summed E-state index contributed by atoms with van der Waals surface area (Å²) in [7, 11) is 0. The predicted octanol–water partition coefficient (Wildman–Crippen LogP) is 0.849. The lowest BCUT2D eigenvalue weighted by atomic mass is 9.97. The van der Waals surface area contributed by atoms with Crippen molar-refractivity contribution in [1.82, 2.24) is 10.6 Å². The fourth-order valence-corrected chi connectivity index (χ4v) is 1.85. The summed E-state index contributed by atoms with van der Waals surface area (Å²) in [6.45, 7) is 5.35. The van der Waals surface area contributed by atoms with E-state index in [0.29, 0.717) is 12.3 Å². The third kappa shape index (κ3) is 6.59. The average molecular weight is 256 g/mol. The lowest BCUT2D eigenvalue weighted by Crippen LogP contribution is -2.39. The molecule has 1 unspecified atom stereocenters. The third-order valence-corrected chi connectivity index (χ3v) is 3.07. The van der Waals surface area contributed by atoms with E-state index in [9.17, 15) is 9.59 Å². The summed E-state index contributed by atoms with van der Waals surface area (Å²) in [5.41, 5.74) is 0. The molecule has 5 nitrogen and oxygen atoms in total. The molecule has 1 aliphatic rings. The van der Waals surface area contributed by atoms with Crippen LogP contribution in [-0.2, 0) is 9.59 Å². The molecule has 1 fully saturated rings. The van der Waals surface area contributed by atoms with Crippen LogP contribution < -0.4 is 10.6 Å². The molecule has 0 heterocycles. The number of carboxylic acid groups (broad SMARTS) is 1. The van der Waals surface area contributed by atoms with E-state index in [-0.39, 0.29) is 19.0 Å². The molecule has 1 atom stereocenters. The number of nitrogens with one attached hydrogen (secondary N) is 2. The van der Waals surface area contributed by atoms with Crippen LogP contribution in [0.5, 0.6) is 0 Å². The van der Waals surface area contributed by atoms with Crippen molar-refractivity contribution in [3.63, 3.8) is 0 Å². The number of amides is 1. The Bertz CT molecular complexity index is 288. The SMILES string of the molecule is CC(C)CC(CNC(=O)CNCC1CC1)C(=O)O. The molecule has 1 aliphatic carbocycles. The standard InChI is InChI=1S/C13H24N2O3/c1-9(2)5-11(13(17)18)7-15-12(16)8-14-6-10-3-4-10/h9-11,14H,3-8H2,1-2H3,(H,15,16)(H,17,18). The largest absolute Gasteiger partial charge is 0.481 e. The van der Waals surface area contributed by atoms with Gasteiger partial charge in [0.15, 0.2) is 0 Å². The Morgan fingerprint density at radius 1 is 1.33 bits per heavy atom. The van der Waals surface area contributed by atoms with Crippen molar-refractivity contribution < 1.29 is 14.7 Å². The van der Waals surface area contributed by atoms with Crippen LogP contribution >= 0.6 is 0 Å². The van der Waals surface area contributed by atoms with Crippen LogP contribution in [0.3, 0.4) is 0 Å². The molecule has 0 aromatic rings. The summed E-state index contributed by atoms with van der Waals surface area (Å²) < 4.78 is 0. The zero-order valence-corrected chi connectivity index (χ0v) is 11.2. The second-order valence-electron chi connectivity index (χ2n) is 5.54. The summed E-state index contributed by atoms with van der Waals surface area (Å²) >= 11 is 0. The number of rotatable bonds is 9. The first-order valence-corrected chi connectivity index (χ1v) is 6.69. The van der Waals surface area contributed by atoms with E-state index >= 15 is 0 Å². The van der Waals surface area contributed by atoms with Crippen LogP contribution in [0.1, 0.15) is 33.1 Å². The lowest BCUT2D eigenvalue weighted by molar-refractivity contribution is -0.142. The topological polar surface area (TPSA) is 78.4 Å². The third-order valence-electron chi connectivity index (χ3n) is 3.07. The molecule has 1 rings (SSSR count). The minimum absolute atomic E-state index is 0.120. The number of hydrogen-bond acceptors (Lipinski definition) is 3. The van der Waals surface area contributed by atoms with Crippen LogP contribution in [0.15, 0.2) is 0 Å². The Morgan fingerprint density at radius 2 is 2.00 bits per heavy atom. The van der Waals surface area contributed by atoms with Gasteiger partial charge in [-0.15, -0.1) is 0 Å². The van der Waals surface area contributed by atoms with Gasteiger partial charge in [-0.05, 0) is 37.6 Å². The smallest absolute Gasteiger partial charge is 0.308 e. The summed E-state index contributed by atoms with van der Waals surface area (Å²) in [6, 6.07) is 0. The maximum atomic E-state index is 11.5. The molecule has 5 heteroatoms. The fraction of sp³-hybridized carbons (Fsp3) is 0.846. The zero-order chi connectivity index (χ0) is 13.5. The predicted molar refractivity (Wildman–Crippen MR) is 69.2 cm³/mol. The van der Waals surface area contributed by atoms with E-state index in [2.05, 4.69) is 10.6 Å². The Morgan fingerprint density at radius 3 is 2.50 bits per heavy atom. The lowest BCUT2D eigenvalue weighted by Gasteiger charge is -2.15. The first-order valence-electron chi connectivity index (χ1n) is 6.69. The highest BCUT2D eigenvalue weighted by Gasteiger charge is 2.21. The Balaban J connectivity index is 2.14. The molecular weight excluding hydrogens is 232 g/mol. The van der Waals surface area contributed by atoms with E-state index in [0.717, 1.165) is 12.5 Å². The van der Waals surface area contributed by atoms with Crippen molar-refractivity contribution in [3.05, 3.63) is 0 Å². The maximum Gasteiger partial charge on any atom is 0.308 e. The van der Waals surface area contributed by atoms with Crippen LogP contribution in [0.4, 0.5) is 0 Å². The number of carbonyl (C=O) groups is 2. The molecule has 18 heavy (non-hydrogen) atoms. The van der Waals surface area contributed by atoms with E-state index in [1.807, 2.05) is 13.8 Å². The molecule has 0 saturated heterocycles. The minimum atomic E-state index is -0.838. The molecule has 0 aliphatic heterocycles. The molecule has 3 N–H and O–H groups in total. The van der Waals surface area contributed by atoms with Gasteiger partial charge in [-0.2, -0.15) is 0 Å². The minimum Gasteiger partial charge on any atom is -0.481 e. The normalized spacial score (nSPS) is 16.6. The number of carbonyl (C=O) groups excluding carboxylic acids is 1. The highest BCUT2D eigenvalue weighted by Crippen LogP contribution is 2.27. The Hall–Kier alpha value is -1.10. The van der Waals surface area contributed by atoms with E-state index < -0.39 is 11.9 Å². The van der Waals surface area contributed by atoms with Crippen molar-refractivity contribution in [3.8, 4) is 0 Å². The molecule has 0 aromatic heterocycles. The first kappa shape index (κ1) is 15.0. The van der Waals surface area contributed by atoms with Gasteiger partial charge in [0.1, 0.15) is 0 Å². The molecule has 0 bridgehead atoms. The van der Waals surface area contributed by atoms with Crippen molar-refractivity contribution in [2.24, 2.45) is 17.8 Å². The van der Waals surface area contributed by atoms with Crippen molar-refractivity contribution in [2.75, 3.05) is 19.6 Å². The number of hydrogen-bond donors (Lipinski definition) is 3. The van der Waals surface area contributed by atoms with Crippen molar-refractivity contribution >= 4 is 11.9 Å². The van der Waals surface area contributed by atoms with E-state index in [1.165, 1.54) is 12.8 Å². The average Bonchev–Trinajstić information content (AvgIpc) is 3.07. The molecule has 0 aromatic carbocycles. The maximum absolute atomic E-state index is 11.5. The summed E-state index contributed by atoms with van der Waals surface area (Å²) in [5.74, 6) is -0.389. The second-order valence-corrected chi connectivity index (χ2v) is 5.54. The first-order chi connectivity index (χ1) is 8.49. The second kappa shape index (κ2) is 7.36. The molecule has 104 valence electrons. The van der Waals surface area contributed by atoms with Gasteiger partial charge in [-0.25, -0.2) is 0 Å². The summed E-state index contributed by atoms with van der Waals surface area (Å²) in [5, 5.41) is 14.8. The zero-order valence-electron chi connectivity index (χ0n) is 11.2. The quantitative estimate of drug-likeness (QED) is 0.571. The summed E-state index contributed by atoms with van der Waals surface area (Å²) in [6.07, 6.45) is 3.10. The van der Waals surface area contributed by atoms with Gasteiger partial charge in [-0.1, -0.05) is 13.8 Å². The molecular formula is C13H24N2O3. The van der Waals surface area contributed by atoms with Gasteiger partial charge in [-0.3, -0.25) is 9.59 Å². The van der Waals surface area contributed by atoms with Crippen LogP contribution in [0.2, 0.25) is 0 Å². The number of aliphatic carboxylic acids is 1. The molecule has 1 saturated carbocycles. The van der Waals surface area contributed by atoms with Crippen LogP contribution in [0, 0.1) is 17.8 Å². The summed E-state index contributed by atoms with van der Waals surface area (Å²) in [4.78, 5) is 22.5. The van der Waals surface area contributed by atoms with Crippen LogP contribution in [0.25, 0.3) is 0 Å². The van der Waals surface area contributed by atoms with Gasteiger partial charge >= 0.3 is 5.97 Å². The highest BCUT2D eigenvalue weighted by atomic mass is 16.4. The van der Waals surface area contributed by atoms with Gasteiger partial charge in [0.25, 0.3) is 0 Å². The van der Waals surface area contributed by atoms with Crippen molar-refractivity contribution in [2.45, 2.75) is 33.1 Å². The van der Waals surface area contributed by atoms with Gasteiger partial charge in [0.05, 0.1) is 12.5 Å². The molecule has 0 spiro atoms. The molecule has 0 radical (unpaired) electrons. The number of carboxylic acids is 1. The Kier molecular flexibility index (Phi) is 6.12. The van der Waals surface area contributed by atoms with Crippen LogP contribution in [-0.4, -0.2) is 36.6 Å². The van der Waals surface area contributed by atoms with Crippen molar-refractivity contribution in [1.29, 1.82) is 0 Å². The monoisotopic (exact) mass is 256 g/mol. The molecule has 1 amide bonds. The Labute approximate surface area is 108 Å². The van der Waals surface area contributed by atoms with E-state index in [1.54, 1.807) is 0 Å². The fourth-order valence-electron chi connectivity index (χ4n) is 1.85. The van der Waals surface area contributed by atoms with E-state index in [4.69, 9.17) is 5.11 Å². The highest BCUT2D eigenvalue weighted by molar-refractivity contribution is 5.79. The van der Waals surface area contributed by atoms with Gasteiger partial charge in [0.2, 0.25) is 5.91 Å². The van der Waals surface area contributed by atoms with Gasteiger partial charge < -0.3 is 15.7 Å². The van der Waals surface area contributed by atoms with Gasteiger partial charge in [0, 0.05) is 6.54 Å².